The van der Waals surface area contributed by atoms with E-state index in [0.29, 0.717) is 29.8 Å². The second-order valence-corrected chi connectivity index (χ2v) is 7.44. The van der Waals surface area contributed by atoms with Crippen LogP contribution < -0.4 is 5.32 Å². The van der Waals surface area contributed by atoms with Gasteiger partial charge in [-0.2, -0.15) is 4.98 Å². The lowest BCUT2D eigenvalue weighted by molar-refractivity contribution is 0.352. The second-order valence-electron chi connectivity index (χ2n) is 5.21. The summed E-state index contributed by atoms with van der Waals surface area (Å²) in [4.78, 5) is 4.39. The molecule has 7 heteroatoms. The molecule has 18 heavy (non-hydrogen) atoms. The van der Waals surface area contributed by atoms with Gasteiger partial charge in [-0.25, -0.2) is 8.42 Å². The van der Waals surface area contributed by atoms with E-state index in [2.05, 4.69) is 15.5 Å². The van der Waals surface area contributed by atoms with Gasteiger partial charge in [0, 0.05) is 13.0 Å². The highest BCUT2D eigenvalue weighted by molar-refractivity contribution is 7.91. The molecule has 100 valence electrons. The van der Waals surface area contributed by atoms with Gasteiger partial charge in [-0.05, 0) is 25.3 Å². The topological polar surface area (TPSA) is 85.1 Å². The highest BCUT2D eigenvalue weighted by Crippen LogP contribution is 2.24. The lowest BCUT2D eigenvalue weighted by Gasteiger charge is -2.02. The Balaban J connectivity index is 1.63. The maximum absolute atomic E-state index is 11.4. The highest BCUT2D eigenvalue weighted by atomic mass is 32.2. The van der Waals surface area contributed by atoms with Gasteiger partial charge in [-0.1, -0.05) is 5.16 Å². The van der Waals surface area contributed by atoms with E-state index in [1.54, 1.807) is 0 Å². The quantitative estimate of drug-likeness (QED) is 0.840. The van der Waals surface area contributed by atoms with Crippen LogP contribution in [0.25, 0.3) is 0 Å². The average Bonchev–Trinajstić information content (AvgIpc) is 2.99. The molecule has 2 aliphatic heterocycles. The van der Waals surface area contributed by atoms with Gasteiger partial charge in [0.2, 0.25) is 5.89 Å². The molecule has 0 radical (unpaired) electrons. The van der Waals surface area contributed by atoms with Crippen LogP contribution in [0.1, 0.15) is 30.5 Å². The van der Waals surface area contributed by atoms with Crippen LogP contribution >= 0.6 is 0 Å². The molecule has 6 nitrogen and oxygen atoms in total. The number of sulfone groups is 1. The fourth-order valence-electron chi connectivity index (χ4n) is 2.67. The minimum Gasteiger partial charge on any atom is -0.339 e. The maximum atomic E-state index is 11.4. The number of rotatable bonds is 3. The maximum Gasteiger partial charge on any atom is 0.231 e. The summed E-state index contributed by atoms with van der Waals surface area (Å²) >= 11 is 0. The van der Waals surface area contributed by atoms with E-state index in [9.17, 15) is 8.42 Å². The van der Waals surface area contributed by atoms with E-state index in [1.807, 2.05) is 0 Å². The number of hydrogen-bond acceptors (Lipinski definition) is 6. The molecular weight excluding hydrogens is 254 g/mol. The van der Waals surface area contributed by atoms with Gasteiger partial charge in [-0.15, -0.1) is 0 Å². The fourth-order valence-corrected chi connectivity index (χ4v) is 4.53. The molecule has 0 saturated carbocycles. The van der Waals surface area contributed by atoms with Gasteiger partial charge in [0.25, 0.3) is 0 Å². The fraction of sp³-hybridized carbons (Fsp3) is 0.818. The zero-order valence-corrected chi connectivity index (χ0v) is 10.9. The van der Waals surface area contributed by atoms with Crippen molar-refractivity contribution in [3.63, 3.8) is 0 Å². The summed E-state index contributed by atoms with van der Waals surface area (Å²) in [5.41, 5.74) is 0. The Morgan fingerprint density at radius 3 is 2.94 bits per heavy atom. The number of nitrogens with one attached hydrogen (secondary N) is 1. The van der Waals surface area contributed by atoms with Crippen LogP contribution in [-0.2, 0) is 16.3 Å². The molecule has 1 aromatic rings. The van der Waals surface area contributed by atoms with Crippen LogP contribution in [0.3, 0.4) is 0 Å². The molecule has 3 heterocycles. The smallest absolute Gasteiger partial charge is 0.231 e. The van der Waals surface area contributed by atoms with Gasteiger partial charge in [0.15, 0.2) is 15.7 Å². The molecule has 2 unspecified atom stereocenters. The molecule has 2 aliphatic rings. The van der Waals surface area contributed by atoms with Gasteiger partial charge < -0.3 is 9.84 Å². The number of hydrogen-bond donors (Lipinski definition) is 1. The van der Waals surface area contributed by atoms with Crippen molar-refractivity contribution in [2.45, 2.75) is 25.2 Å². The third-order valence-electron chi connectivity index (χ3n) is 3.69. The minimum absolute atomic E-state index is 0.155. The molecule has 0 aliphatic carbocycles. The molecule has 2 saturated heterocycles. The second kappa shape index (κ2) is 4.62. The summed E-state index contributed by atoms with van der Waals surface area (Å²) < 4.78 is 28.0. The summed E-state index contributed by atoms with van der Waals surface area (Å²) in [5, 5.41) is 7.22. The Morgan fingerprint density at radius 1 is 1.39 bits per heavy atom. The van der Waals surface area contributed by atoms with Crippen LogP contribution in [0.2, 0.25) is 0 Å². The van der Waals surface area contributed by atoms with Crippen LogP contribution in [0, 0.1) is 5.92 Å². The zero-order chi connectivity index (χ0) is 12.6. The largest absolute Gasteiger partial charge is 0.339 e. The lowest BCUT2D eigenvalue weighted by Crippen LogP contribution is -2.09. The Hall–Kier alpha value is -0.950. The van der Waals surface area contributed by atoms with Crippen molar-refractivity contribution >= 4 is 9.84 Å². The Bertz CT molecular complexity index is 519. The van der Waals surface area contributed by atoms with Gasteiger partial charge >= 0.3 is 0 Å². The molecule has 0 aromatic carbocycles. The van der Waals surface area contributed by atoms with Crippen LogP contribution in [0.5, 0.6) is 0 Å². The standard InChI is InChI=1S/C11H17N3O3S/c15-18(16)4-2-8(7-18)5-10-13-11(17-14-10)9-1-3-12-6-9/h8-9,12H,1-7H2. The Kier molecular flexibility index (Phi) is 3.11. The molecule has 2 fully saturated rings. The van der Waals surface area contributed by atoms with E-state index in [4.69, 9.17) is 4.52 Å². The first-order chi connectivity index (χ1) is 8.62. The van der Waals surface area contributed by atoms with Crippen molar-refractivity contribution in [2.75, 3.05) is 24.6 Å². The summed E-state index contributed by atoms with van der Waals surface area (Å²) in [7, 11) is -2.82. The molecule has 3 rings (SSSR count). The Labute approximate surface area is 106 Å². The number of aromatic nitrogens is 2. The summed E-state index contributed by atoms with van der Waals surface area (Å²) in [5.74, 6) is 2.38. The monoisotopic (exact) mass is 271 g/mol. The van der Waals surface area contributed by atoms with Crippen LogP contribution in [0.4, 0.5) is 0 Å². The lowest BCUT2D eigenvalue weighted by atomic mass is 10.1. The van der Waals surface area contributed by atoms with Gasteiger partial charge in [0.05, 0.1) is 17.4 Å². The van der Waals surface area contributed by atoms with Gasteiger partial charge in [0.1, 0.15) is 0 Å². The summed E-state index contributed by atoms with van der Waals surface area (Å²) in [6, 6.07) is 0. The normalized spacial score (nSPS) is 30.9. The molecule has 2 atom stereocenters. The van der Waals surface area contributed by atoms with Crippen LogP contribution in [0.15, 0.2) is 4.52 Å². The van der Waals surface area contributed by atoms with Crippen molar-refractivity contribution in [3.8, 4) is 0 Å². The van der Waals surface area contributed by atoms with Crippen molar-refractivity contribution in [1.82, 2.24) is 15.5 Å². The predicted molar refractivity (Wildman–Crippen MR) is 65.0 cm³/mol. The minimum atomic E-state index is -2.82. The van der Waals surface area contributed by atoms with Crippen molar-refractivity contribution in [3.05, 3.63) is 11.7 Å². The third-order valence-corrected chi connectivity index (χ3v) is 5.53. The van der Waals surface area contributed by atoms with E-state index < -0.39 is 9.84 Å². The molecule has 1 N–H and O–H groups in total. The predicted octanol–water partition coefficient (Wildman–Crippen LogP) is 0.124. The zero-order valence-electron chi connectivity index (χ0n) is 10.1. The molecule has 0 spiro atoms. The van der Waals surface area contributed by atoms with Crippen molar-refractivity contribution in [1.29, 1.82) is 0 Å². The first kappa shape index (κ1) is 12.1. The molecular formula is C11H17N3O3S. The highest BCUT2D eigenvalue weighted by Gasteiger charge is 2.30. The van der Waals surface area contributed by atoms with E-state index in [-0.39, 0.29) is 11.7 Å². The van der Waals surface area contributed by atoms with E-state index in [1.165, 1.54) is 0 Å². The van der Waals surface area contributed by atoms with E-state index >= 15 is 0 Å². The first-order valence-corrected chi connectivity index (χ1v) is 8.18. The summed E-state index contributed by atoms with van der Waals surface area (Å²) in [6.07, 6.45) is 2.36. The molecule has 0 amide bonds. The summed E-state index contributed by atoms with van der Waals surface area (Å²) in [6.45, 7) is 1.88. The van der Waals surface area contributed by atoms with Crippen molar-refractivity contribution in [2.24, 2.45) is 5.92 Å². The first-order valence-electron chi connectivity index (χ1n) is 6.36. The third kappa shape index (κ3) is 2.56. The van der Waals surface area contributed by atoms with Crippen molar-refractivity contribution < 1.29 is 12.9 Å². The van der Waals surface area contributed by atoms with E-state index in [0.717, 1.165) is 25.9 Å². The van der Waals surface area contributed by atoms with Crippen LogP contribution in [-0.4, -0.2) is 43.2 Å². The average molecular weight is 271 g/mol. The van der Waals surface area contributed by atoms with Gasteiger partial charge in [-0.3, -0.25) is 0 Å². The molecule has 1 aromatic heterocycles. The SMILES string of the molecule is O=S1(=O)CCC(Cc2noc(C3CCNC3)n2)C1. The molecule has 0 bridgehead atoms. The Morgan fingerprint density at radius 2 is 2.28 bits per heavy atom. The number of nitrogens with zero attached hydrogens (tertiary/aromatic N) is 2.